The topological polar surface area (TPSA) is 43.4 Å². The molecule has 76 valence electrons. The van der Waals surface area contributed by atoms with Gasteiger partial charge >= 0.3 is 11.9 Å². The molecule has 2 unspecified atom stereocenters. The molecule has 0 saturated carbocycles. The minimum absolute atomic E-state index is 0.243. The number of fused-ring (bicyclic) bond motifs is 2. The summed E-state index contributed by atoms with van der Waals surface area (Å²) >= 11 is 0. The Morgan fingerprint density at radius 3 is 1.87 bits per heavy atom. The van der Waals surface area contributed by atoms with Crippen LogP contribution in [0.15, 0.2) is 24.3 Å². The summed E-state index contributed by atoms with van der Waals surface area (Å²) in [6.07, 6.45) is 1.29. The fourth-order valence-electron chi connectivity index (χ4n) is 2.46. The van der Waals surface area contributed by atoms with Crippen LogP contribution in [-0.4, -0.2) is 11.9 Å². The first-order valence-corrected chi connectivity index (χ1v) is 5.08. The summed E-state index contributed by atoms with van der Waals surface area (Å²) in [6.45, 7) is 0. The van der Waals surface area contributed by atoms with Crippen LogP contribution in [0.1, 0.15) is 11.1 Å². The molecule has 1 fully saturated rings. The average molecular weight is 202 g/mol. The molecule has 1 aliphatic carbocycles. The molecule has 3 rings (SSSR count). The van der Waals surface area contributed by atoms with E-state index >= 15 is 0 Å². The summed E-state index contributed by atoms with van der Waals surface area (Å²) in [5.41, 5.74) is 2.34. The molecule has 3 heteroatoms. The quantitative estimate of drug-likeness (QED) is 0.467. The van der Waals surface area contributed by atoms with Crippen molar-refractivity contribution in [2.75, 3.05) is 0 Å². The number of carbonyl (C=O) groups is 2. The van der Waals surface area contributed by atoms with Gasteiger partial charge in [0.15, 0.2) is 0 Å². The third kappa shape index (κ3) is 1.19. The van der Waals surface area contributed by atoms with Crippen molar-refractivity contribution in [3.63, 3.8) is 0 Å². The Morgan fingerprint density at radius 1 is 0.933 bits per heavy atom. The number of benzene rings is 1. The van der Waals surface area contributed by atoms with Crippen molar-refractivity contribution in [3.8, 4) is 0 Å². The Balaban J connectivity index is 2.03. The van der Waals surface area contributed by atoms with Gasteiger partial charge in [0.2, 0.25) is 0 Å². The lowest BCUT2D eigenvalue weighted by atomic mass is 9.77. The maximum atomic E-state index is 11.4. The van der Waals surface area contributed by atoms with Crippen molar-refractivity contribution in [2.45, 2.75) is 12.8 Å². The highest BCUT2D eigenvalue weighted by Gasteiger charge is 2.46. The molecule has 1 aromatic rings. The number of hydrogen-bond acceptors (Lipinski definition) is 3. The van der Waals surface area contributed by atoms with Crippen LogP contribution in [0.2, 0.25) is 0 Å². The largest absolute Gasteiger partial charge is 0.393 e. The highest BCUT2D eigenvalue weighted by atomic mass is 16.6. The summed E-state index contributed by atoms with van der Waals surface area (Å²) in [5, 5.41) is 0. The number of ether oxygens (including phenoxy) is 1. The molecular formula is C12H10O3. The van der Waals surface area contributed by atoms with E-state index in [1.807, 2.05) is 24.3 Å². The SMILES string of the molecule is O=C1OC(=O)C2Cc3ccccc3CC12. The molecule has 1 aliphatic heterocycles. The number of cyclic esters (lactones) is 2. The van der Waals surface area contributed by atoms with Crippen molar-refractivity contribution in [2.24, 2.45) is 11.8 Å². The number of hydrogen-bond donors (Lipinski definition) is 0. The molecule has 0 spiro atoms. The maximum Gasteiger partial charge on any atom is 0.317 e. The molecule has 2 aliphatic rings. The first-order valence-electron chi connectivity index (χ1n) is 5.08. The smallest absolute Gasteiger partial charge is 0.317 e. The predicted molar refractivity (Wildman–Crippen MR) is 51.9 cm³/mol. The number of esters is 2. The second-order valence-corrected chi connectivity index (χ2v) is 4.13. The molecule has 1 saturated heterocycles. The summed E-state index contributed by atoms with van der Waals surface area (Å²) in [4.78, 5) is 22.8. The van der Waals surface area contributed by atoms with Crippen molar-refractivity contribution in [3.05, 3.63) is 35.4 Å². The van der Waals surface area contributed by atoms with Gasteiger partial charge in [-0.25, -0.2) is 0 Å². The highest BCUT2D eigenvalue weighted by molar-refractivity contribution is 5.97. The van der Waals surface area contributed by atoms with E-state index in [0.717, 1.165) is 0 Å². The summed E-state index contributed by atoms with van der Waals surface area (Å²) < 4.78 is 4.66. The van der Waals surface area contributed by atoms with E-state index in [4.69, 9.17) is 0 Å². The van der Waals surface area contributed by atoms with Gasteiger partial charge in [0.25, 0.3) is 0 Å². The van der Waals surface area contributed by atoms with Gasteiger partial charge in [-0.05, 0) is 24.0 Å². The molecule has 0 aromatic heterocycles. The van der Waals surface area contributed by atoms with Crippen LogP contribution in [-0.2, 0) is 27.2 Å². The Labute approximate surface area is 87.0 Å². The van der Waals surface area contributed by atoms with Gasteiger partial charge < -0.3 is 4.74 Å². The van der Waals surface area contributed by atoms with Gasteiger partial charge in [-0.2, -0.15) is 0 Å². The zero-order valence-electron chi connectivity index (χ0n) is 8.10. The third-order valence-electron chi connectivity index (χ3n) is 3.29. The normalized spacial score (nSPS) is 28.3. The molecule has 0 amide bonds. The van der Waals surface area contributed by atoms with E-state index in [-0.39, 0.29) is 23.8 Å². The van der Waals surface area contributed by atoms with E-state index < -0.39 is 0 Å². The van der Waals surface area contributed by atoms with Crippen molar-refractivity contribution >= 4 is 11.9 Å². The molecule has 15 heavy (non-hydrogen) atoms. The Morgan fingerprint density at radius 2 is 1.40 bits per heavy atom. The lowest BCUT2D eigenvalue weighted by molar-refractivity contribution is -0.153. The monoisotopic (exact) mass is 202 g/mol. The van der Waals surface area contributed by atoms with Gasteiger partial charge in [0, 0.05) is 0 Å². The molecule has 1 heterocycles. The maximum absolute atomic E-state index is 11.4. The minimum Gasteiger partial charge on any atom is -0.393 e. The molecule has 2 atom stereocenters. The lowest BCUT2D eigenvalue weighted by Crippen LogP contribution is -2.27. The van der Waals surface area contributed by atoms with Gasteiger partial charge in [0.1, 0.15) is 0 Å². The zero-order valence-corrected chi connectivity index (χ0v) is 8.10. The van der Waals surface area contributed by atoms with E-state index in [1.54, 1.807) is 0 Å². The summed E-state index contributed by atoms with van der Waals surface area (Å²) in [5.74, 6) is -1.18. The van der Waals surface area contributed by atoms with E-state index in [2.05, 4.69) is 4.74 Å². The van der Waals surface area contributed by atoms with Gasteiger partial charge in [0.05, 0.1) is 11.8 Å². The third-order valence-corrected chi connectivity index (χ3v) is 3.29. The summed E-state index contributed by atoms with van der Waals surface area (Å²) in [7, 11) is 0. The Kier molecular flexibility index (Phi) is 1.69. The van der Waals surface area contributed by atoms with Crippen LogP contribution < -0.4 is 0 Å². The van der Waals surface area contributed by atoms with Crippen LogP contribution in [0.5, 0.6) is 0 Å². The highest BCUT2D eigenvalue weighted by Crippen LogP contribution is 2.35. The first kappa shape index (κ1) is 8.65. The fourth-order valence-corrected chi connectivity index (χ4v) is 2.46. The van der Waals surface area contributed by atoms with Crippen molar-refractivity contribution in [1.82, 2.24) is 0 Å². The number of carbonyl (C=O) groups excluding carboxylic acids is 2. The Hall–Kier alpha value is -1.64. The second-order valence-electron chi connectivity index (χ2n) is 4.13. The molecule has 0 N–H and O–H groups in total. The lowest BCUT2D eigenvalue weighted by Gasteiger charge is -2.22. The van der Waals surface area contributed by atoms with Crippen molar-refractivity contribution < 1.29 is 14.3 Å². The molecule has 3 nitrogen and oxygen atoms in total. The standard InChI is InChI=1S/C12H10O3/c13-11-9-5-7-3-1-2-4-8(7)6-10(9)12(14)15-11/h1-4,9-10H,5-6H2. The predicted octanol–water partition coefficient (Wildman–Crippen LogP) is 1.10. The second kappa shape index (κ2) is 2.92. The average Bonchev–Trinajstić information content (AvgIpc) is 2.52. The van der Waals surface area contributed by atoms with E-state index in [1.165, 1.54) is 11.1 Å². The van der Waals surface area contributed by atoms with Crippen molar-refractivity contribution in [1.29, 1.82) is 0 Å². The Bertz CT molecular complexity index is 409. The van der Waals surface area contributed by atoms with E-state index in [9.17, 15) is 9.59 Å². The van der Waals surface area contributed by atoms with Crippen LogP contribution in [0, 0.1) is 11.8 Å². The molecular weight excluding hydrogens is 192 g/mol. The molecule has 0 bridgehead atoms. The molecule has 1 aromatic carbocycles. The number of rotatable bonds is 0. The van der Waals surface area contributed by atoms with Gasteiger partial charge in [-0.3, -0.25) is 9.59 Å². The van der Waals surface area contributed by atoms with Gasteiger partial charge in [-0.1, -0.05) is 24.3 Å². The van der Waals surface area contributed by atoms with Crippen LogP contribution in [0.3, 0.4) is 0 Å². The van der Waals surface area contributed by atoms with Crippen LogP contribution >= 0.6 is 0 Å². The summed E-state index contributed by atoms with van der Waals surface area (Å²) in [6, 6.07) is 7.95. The molecule has 0 radical (unpaired) electrons. The van der Waals surface area contributed by atoms with Gasteiger partial charge in [-0.15, -0.1) is 0 Å². The minimum atomic E-state index is -0.348. The first-order chi connectivity index (χ1) is 7.25. The van der Waals surface area contributed by atoms with Crippen LogP contribution in [0.25, 0.3) is 0 Å². The van der Waals surface area contributed by atoms with Crippen LogP contribution in [0.4, 0.5) is 0 Å². The zero-order chi connectivity index (χ0) is 10.4. The van der Waals surface area contributed by atoms with E-state index in [0.29, 0.717) is 12.8 Å². The fraction of sp³-hybridized carbons (Fsp3) is 0.333.